The molecule has 0 atom stereocenters. The molecule has 0 radical (unpaired) electrons. The van der Waals surface area contributed by atoms with E-state index in [1.54, 1.807) is 24.3 Å². The first-order chi connectivity index (χ1) is 13.2. The number of carbonyl (C=O) groups is 1. The van der Waals surface area contributed by atoms with Crippen LogP contribution < -0.4 is 9.62 Å². The molecule has 1 N–H and O–H groups in total. The molecule has 3 aromatic rings. The third-order valence-electron chi connectivity index (χ3n) is 3.56. The summed E-state index contributed by atoms with van der Waals surface area (Å²) in [5.41, 5.74) is 0.963. The van der Waals surface area contributed by atoms with E-state index < -0.39 is 28.3 Å². The van der Waals surface area contributed by atoms with Crippen molar-refractivity contribution in [2.45, 2.75) is 0 Å². The molecule has 11 heteroatoms. The largest absolute Gasteiger partial charge is 0.299 e. The Hall–Kier alpha value is -2.56. The van der Waals surface area contributed by atoms with Gasteiger partial charge in [-0.05, 0) is 36.4 Å². The molecule has 28 heavy (non-hydrogen) atoms. The summed E-state index contributed by atoms with van der Waals surface area (Å²) in [6, 6.07) is 11.8. The second kappa shape index (κ2) is 8.21. The van der Waals surface area contributed by atoms with Gasteiger partial charge in [-0.25, -0.2) is 12.8 Å². The number of sulfonamides is 1. The predicted molar refractivity (Wildman–Crippen MR) is 108 cm³/mol. The molecule has 146 valence electrons. The smallest absolute Gasteiger partial charge is 0.246 e. The average molecular weight is 441 g/mol. The summed E-state index contributed by atoms with van der Waals surface area (Å²) in [5.74, 6) is -1.11. The number of aromatic nitrogens is 2. The van der Waals surface area contributed by atoms with Crippen LogP contribution in [-0.4, -0.2) is 37.3 Å². The first-order valence-electron chi connectivity index (χ1n) is 7.85. The van der Waals surface area contributed by atoms with Crippen molar-refractivity contribution in [3.63, 3.8) is 0 Å². The van der Waals surface area contributed by atoms with Gasteiger partial charge in [-0.2, -0.15) is 0 Å². The van der Waals surface area contributed by atoms with Crippen molar-refractivity contribution in [1.82, 2.24) is 10.2 Å². The maximum atomic E-state index is 13.1. The van der Waals surface area contributed by atoms with E-state index in [1.165, 1.54) is 12.1 Å². The number of nitrogens with one attached hydrogen (secondary N) is 1. The highest BCUT2D eigenvalue weighted by Crippen LogP contribution is 2.27. The van der Waals surface area contributed by atoms with Gasteiger partial charge in [0.15, 0.2) is 0 Å². The molecular formula is C17H14ClFN4O3S2. The van der Waals surface area contributed by atoms with Crippen molar-refractivity contribution in [3.8, 4) is 10.6 Å². The summed E-state index contributed by atoms with van der Waals surface area (Å²) >= 11 is 6.99. The van der Waals surface area contributed by atoms with Crippen molar-refractivity contribution >= 4 is 49.7 Å². The minimum Gasteiger partial charge on any atom is -0.299 e. The van der Waals surface area contributed by atoms with Crippen LogP contribution in [0.1, 0.15) is 0 Å². The van der Waals surface area contributed by atoms with E-state index in [0.717, 1.165) is 39.6 Å². The van der Waals surface area contributed by atoms with E-state index in [1.807, 2.05) is 0 Å². The molecule has 0 bridgehead atoms. The van der Waals surface area contributed by atoms with Crippen molar-refractivity contribution in [3.05, 3.63) is 59.4 Å². The van der Waals surface area contributed by atoms with Crippen LogP contribution in [0, 0.1) is 5.82 Å². The van der Waals surface area contributed by atoms with Crippen LogP contribution in [0.25, 0.3) is 10.6 Å². The highest BCUT2D eigenvalue weighted by molar-refractivity contribution is 7.92. The molecule has 1 heterocycles. The highest BCUT2D eigenvalue weighted by atomic mass is 35.5. The van der Waals surface area contributed by atoms with Gasteiger partial charge < -0.3 is 0 Å². The number of benzene rings is 2. The van der Waals surface area contributed by atoms with Crippen LogP contribution in [0.2, 0.25) is 5.02 Å². The standard InChI is InChI=1S/C17H14ClFN4O3S2/c1-28(25,26)23(14-8-6-13(19)7-9-14)10-15(24)20-17-22-21-16(27-17)11-2-4-12(18)5-3-11/h2-9H,10H2,1H3,(H,20,22,24). The van der Waals surface area contributed by atoms with Gasteiger partial charge in [0.1, 0.15) is 17.4 Å². The number of hydrogen-bond acceptors (Lipinski definition) is 6. The molecule has 3 rings (SSSR count). The molecule has 0 aliphatic heterocycles. The summed E-state index contributed by atoms with van der Waals surface area (Å²) in [7, 11) is -3.76. The molecular weight excluding hydrogens is 427 g/mol. The zero-order chi connectivity index (χ0) is 20.3. The quantitative estimate of drug-likeness (QED) is 0.634. The molecule has 0 fully saturated rings. The molecule has 7 nitrogen and oxygen atoms in total. The van der Waals surface area contributed by atoms with Crippen molar-refractivity contribution in [1.29, 1.82) is 0 Å². The van der Waals surface area contributed by atoms with E-state index in [2.05, 4.69) is 15.5 Å². The average Bonchev–Trinajstić information content (AvgIpc) is 3.09. The summed E-state index contributed by atoms with van der Waals surface area (Å²) in [6.07, 6.45) is 0.966. The van der Waals surface area contributed by atoms with E-state index in [0.29, 0.717) is 10.0 Å². The normalized spacial score (nSPS) is 11.2. The Morgan fingerprint density at radius 2 is 1.79 bits per heavy atom. The Balaban J connectivity index is 1.73. The number of amides is 1. The van der Waals surface area contributed by atoms with Crippen molar-refractivity contribution in [2.24, 2.45) is 0 Å². The maximum absolute atomic E-state index is 13.1. The molecule has 0 saturated carbocycles. The van der Waals surface area contributed by atoms with Crippen LogP contribution in [0.15, 0.2) is 48.5 Å². The van der Waals surface area contributed by atoms with Crippen LogP contribution in [0.5, 0.6) is 0 Å². The fourth-order valence-electron chi connectivity index (χ4n) is 2.28. The van der Waals surface area contributed by atoms with Gasteiger partial charge in [0.2, 0.25) is 21.1 Å². The number of halogens is 2. The topological polar surface area (TPSA) is 92.3 Å². The van der Waals surface area contributed by atoms with Gasteiger partial charge in [0, 0.05) is 10.6 Å². The van der Waals surface area contributed by atoms with E-state index in [-0.39, 0.29) is 10.8 Å². The molecule has 1 aromatic heterocycles. The van der Waals surface area contributed by atoms with Gasteiger partial charge in [-0.15, -0.1) is 10.2 Å². The van der Waals surface area contributed by atoms with Gasteiger partial charge in [0.25, 0.3) is 0 Å². The molecule has 0 unspecified atom stereocenters. The Morgan fingerprint density at radius 3 is 2.39 bits per heavy atom. The third-order valence-corrected chi connectivity index (χ3v) is 5.84. The lowest BCUT2D eigenvalue weighted by atomic mass is 10.2. The number of carbonyl (C=O) groups excluding carboxylic acids is 1. The lowest BCUT2D eigenvalue weighted by Crippen LogP contribution is -2.37. The van der Waals surface area contributed by atoms with Crippen LogP contribution in [0.4, 0.5) is 15.2 Å². The molecule has 1 amide bonds. The monoisotopic (exact) mass is 440 g/mol. The van der Waals surface area contributed by atoms with Crippen LogP contribution in [0.3, 0.4) is 0 Å². The molecule has 0 aliphatic rings. The molecule has 0 saturated heterocycles. The zero-order valence-corrected chi connectivity index (χ0v) is 16.9. The first kappa shape index (κ1) is 20.2. The fraction of sp³-hybridized carbons (Fsp3) is 0.118. The summed E-state index contributed by atoms with van der Waals surface area (Å²) in [4.78, 5) is 12.3. The second-order valence-corrected chi connectivity index (χ2v) is 9.03. The molecule has 2 aromatic carbocycles. The van der Waals surface area contributed by atoms with Crippen LogP contribution in [-0.2, 0) is 14.8 Å². The Labute approximate surface area is 169 Å². The minimum atomic E-state index is -3.76. The van der Waals surface area contributed by atoms with Gasteiger partial charge in [-0.1, -0.05) is 35.1 Å². The van der Waals surface area contributed by atoms with Crippen molar-refractivity contribution < 1.29 is 17.6 Å². The van der Waals surface area contributed by atoms with E-state index in [9.17, 15) is 17.6 Å². The van der Waals surface area contributed by atoms with Gasteiger partial charge in [-0.3, -0.25) is 14.4 Å². The highest BCUT2D eigenvalue weighted by Gasteiger charge is 2.21. The van der Waals surface area contributed by atoms with Gasteiger partial charge >= 0.3 is 0 Å². The number of hydrogen-bond donors (Lipinski definition) is 1. The summed E-state index contributed by atoms with van der Waals surface area (Å²) in [5, 5.41) is 11.8. The zero-order valence-electron chi connectivity index (χ0n) is 14.5. The predicted octanol–water partition coefficient (Wildman–Crippen LogP) is 3.40. The van der Waals surface area contributed by atoms with E-state index in [4.69, 9.17) is 11.6 Å². The van der Waals surface area contributed by atoms with Crippen LogP contribution >= 0.6 is 22.9 Å². The fourth-order valence-corrected chi connectivity index (χ4v) is 4.03. The number of anilines is 2. The maximum Gasteiger partial charge on any atom is 0.246 e. The number of rotatable bonds is 6. The molecule has 0 aliphatic carbocycles. The lowest BCUT2D eigenvalue weighted by molar-refractivity contribution is -0.114. The van der Waals surface area contributed by atoms with Crippen molar-refractivity contribution in [2.75, 3.05) is 22.4 Å². The first-order valence-corrected chi connectivity index (χ1v) is 10.9. The van der Waals surface area contributed by atoms with E-state index >= 15 is 0 Å². The SMILES string of the molecule is CS(=O)(=O)N(CC(=O)Nc1nnc(-c2ccc(Cl)cc2)s1)c1ccc(F)cc1. The lowest BCUT2D eigenvalue weighted by Gasteiger charge is -2.21. The summed E-state index contributed by atoms with van der Waals surface area (Å²) < 4.78 is 38.0. The molecule has 0 spiro atoms. The Morgan fingerprint density at radius 1 is 1.14 bits per heavy atom. The summed E-state index contributed by atoms with van der Waals surface area (Å²) in [6.45, 7) is -0.486. The second-order valence-electron chi connectivity index (χ2n) is 5.71. The minimum absolute atomic E-state index is 0.179. The Kier molecular flexibility index (Phi) is 5.92. The van der Waals surface area contributed by atoms with Gasteiger partial charge in [0.05, 0.1) is 11.9 Å². The third kappa shape index (κ3) is 5.03. The number of nitrogens with zero attached hydrogens (tertiary/aromatic N) is 3. The Bertz CT molecular complexity index is 1090.